The van der Waals surface area contributed by atoms with Gasteiger partial charge in [0.2, 0.25) is 0 Å². The van der Waals surface area contributed by atoms with Crippen molar-refractivity contribution < 1.29 is 24.3 Å². The summed E-state index contributed by atoms with van der Waals surface area (Å²) in [4.78, 5) is 23.6. The van der Waals surface area contributed by atoms with Gasteiger partial charge in [-0.2, -0.15) is 0 Å². The summed E-state index contributed by atoms with van der Waals surface area (Å²) >= 11 is 7.29. The molecule has 136 valence electrons. The molecule has 0 unspecified atom stereocenters. The minimum atomic E-state index is -1.11. The lowest BCUT2D eigenvalue weighted by Crippen LogP contribution is -2.09. The number of rotatable bonds is 5. The molecule has 4 aromatic rings. The number of thiophene rings is 1. The summed E-state index contributed by atoms with van der Waals surface area (Å²) in [5.74, 6) is -1.64. The van der Waals surface area contributed by atoms with E-state index in [4.69, 9.17) is 21.2 Å². The second-order valence-electron chi connectivity index (χ2n) is 5.79. The summed E-state index contributed by atoms with van der Waals surface area (Å²) in [7, 11) is 0. The highest BCUT2D eigenvalue weighted by Gasteiger charge is 2.18. The number of aromatic carboxylic acids is 2. The monoisotopic (exact) mass is 402 g/mol. The lowest BCUT2D eigenvalue weighted by Gasteiger charge is -2.06. The van der Waals surface area contributed by atoms with Gasteiger partial charge in [-0.1, -0.05) is 16.8 Å². The summed E-state index contributed by atoms with van der Waals surface area (Å²) < 4.78 is 7.53. The Kier molecular flexibility index (Phi) is 4.21. The lowest BCUT2D eigenvalue weighted by atomic mass is 10.1. The van der Waals surface area contributed by atoms with Crippen LogP contribution < -0.4 is 0 Å². The molecule has 0 atom stereocenters. The van der Waals surface area contributed by atoms with E-state index in [1.54, 1.807) is 22.8 Å². The molecule has 0 saturated carbocycles. The first-order valence-corrected chi connectivity index (χ1v) is 8.93. The zero-order valence-corrected chi connectivity index (χ0v) is 15.1. The number of carboxylic acid groups (broad SMARTS) is 2. The number of carbonyl (C=O) groups is 2. The van der Waals surface area contributed by atoms with Gasteiger partial charge in [0.1, 0.15) is 11.4 Å². The van der Waals surface area contributed by atoms with Crippen LogP contribution in [-0.2, 0) is 6.54 Å². The molecule has 3 heterocycles. The Balaban J connectivity index is 1.74. The van der Waals surface area contributed by atoms with Crippen molar-refractivity contribution in [1.29, 1.82) is 0 Å². The summed E-state index contributed by atoms with van der Waals surface area (Å²) in [5, 5.41) is 23.2. The predicted molar refractivity (Wildman–Crippen MR) is 99.8 cm³/mol. The van der Waals surface area contributed by atoms with Crippen LogP contribution in [0.1, 0.15) is 26.5 Å². The van der Waals surface area contributed by atoms with E-state index in [1.165, 1.54) is 29.5 Å². The van der Waals surface area contributed by atoms with Crippen LogP contribution in [0.4, 0.5) is 0 Å². The molecule has 9 heteroatoms. The Labute approximate surface area is 161 Å². The Bertz CT molecular complexity index is 1190. The van der Waals surface area contributed by atoms with Crippen molar-refractivity contribution in [3.05, 3.63) is 63.8 Å². The molecule has 0 aliphatic heterocycles. The second kappa shape index (κ2) is 6.57. The van der Waals surface area contributed by atoms with Gasteiger partial charge in [-0.3, -0.25) is 0 Å². The molecule has 27 heavy (non-hydrogen) atoms. The van der Waals surface area contributed by atoms with Gasteiger partial charge in [0.15, 0.2) is 5.76 Å². The quantitative estimate of drug-likeness (QED) is 0.510. The molecular formula is C18H11ClN2O5S. The van der Waals surface area contributed by atoms with Gasteiger partial charge in [0, 0.05) is 17.0 Å². The highest BCUT2D eigenvalue weighted by atomic mass is 35.5. The molecule has 0 aliphatic rings. The SMILES string of the molecule is O=C(O)c1ccc2c(c1)cc(C(=O)O)n2Cc1cc(-c2ccc(Cl)s2)on1. The van der Waals surface area contributed by atoms with E-state index in [-0.39, 0.29) is 17.8 Å². The minimum absolute atomic E-state index is 0.0382. The van der Waals surface area contributed by atoms with Crippen LogP contribution in [0, 0.1) is 0 Å². The van der Waals surface area contributed by atoms with Crippen molar-refractivity contribution in [2.75, 3.05) is 0 Å². The number of nitrogens with zero attached hydrogens (tertiary/aromatic N) is 2. The predicted octanol–water partition coefficient (Wildman–Crippen LogP) is 4.46. The van der Waals surface area contributed by atoms with Gasteiger partial charge in [0.05, 0.1) is 21.3 Å². The normalized spacial score (nSPS) is 11.1. The first-order valence-electron chi connectivity index (χ1n) is 7.73. The lowest BCUT2D eigenvalue weighted by molar-refractivity contribution is 0.0679. The molecule has 0 fully saturated rings. The Hall–Kier alpha value is -3.10. The zero-order chi connectivity index (χ0) is 19.1. The van der Waals surface area contributed by atoms with Crippen molar-refractivity contribution in [3.63, 3.8) is 0 Å². The molecule has 7 nitrogen and oxygen atoms in total. The summed E-state index contributed by atoms with van der Waals surface area (Å²) in [5.41, 5.74) is 1.27. The minimum Gasteiger partial charge on any atom is -0.478 e. The molecule has 0 saturated heterocycles. The van der Waals surface area contributed by atoms with E-state index >= 15 is 0 Å². The first-order chi connectivity index (χ1) is 12.9. The highest BCUT2D eigenvalue weighted by Crippen LogP contribution is 2.32. The smallest absolute Gasteiger partial charge is 0.352 e. The third-order valence-corrected chi connectivity index (χ3v) is 5.31. The largest absolute Gasteiger partial charge is 0.478 e. The molecule has 3 aromatic heterocycles. The molecule has 0 spiro atoms. The topological polar surface area (TPSA) is 106 Å². The third-order valence-electron chi connectivity index (χ3n) is 4.06. The van der Waals surface area contributed by atoms with Gasteiger partial charge in [0.25, 0.3) is 0 Å². The van der Waals surface area contributed by atoms with Crippen molar-refractivity contribution >= 4 is 45.8 Å². The van der Waals surface area contributed by atoms with Crippen LogP contribution in [0.25, 0.3) is 21.5 Å². The maximum atomic E-state index is 11.6. The number of fused-ring (bicyclic) bond motifs is 1. The van der Waals surface area contributed by atoms with Crippen molar-refractivity contribution in [2.24, 2.45) is 0 Å². The molecule has 2 N–H and O–H groups in total. The van der Waals surface area contributed by atoms with Gasteiger partial charge in [-0.25, -0.2) is 9.59 Å². The third kappa shape index (κ3) is 3.20. The van der Waals surface area contributed by atoms with Gasteiger partial charge in [-0.05, 0) is 36.4 Å². The van der Waals surface area contributed by atoms with Crippen LogP contribution >= 0.6 is 22.9 Å². The van der Waals surface area contributed by atoms with E-state index in [2.05, 4.69) is 5.16 Å². The highest BCUT2D eigenvalue weighted by molar-refractivity contribution is 7.19. The van der Waals surface area contributed by atoms with E-state index in [9.17, 15) is 14.7 Å². The fraction of sp³-hybridized carbons (Fsp3) is 0.0556. The molecule has 0 bridgehead atoms. The number of carboxylic acids is 2. The summed E-state index contributed by atoms with van der Waals surface area (Å²) in [6, 6.07) is 11.2. The summed E-state index contributed by atoms with van der Waals surface area (Å²) in [6.07, 6.45) is 0. The maximum absolute atomic E-state index is 11.6. The molecule has 1 aromatic carbocycles. The van der Waals surface area contributed by atoms with Crippen LogP contribution in [0.15, 0.2) is 47.0 Å². The van der Waals surface area contributed by atoms with E-state index in [0.29, 0.717) is 26.7 Å². The second-order valence-corrected chi connectivity index (χ2v) is 7.50. The van der Waals surface area contributed by atoms with Gasteiger partial charge >= 0.3 is 11.9 Å². The van der Waals surface area contributed by atoms with Crippen LogP contribution in [0.5, 0.6) is 0 Å². The van der Waals surface area contributed by atoms with Crippen molar-refractivity contribution in [3.8, 4) is 10.6 Å². The summed E-state index contributed by atoms with van der Waals surface area (Å²) in [6.45, 7) is 0.167. The Morgan fingerprint density at radius 1 is 1.11 bits per heavy atom. The number of benzene rings is 1. The molecule has 4 rings (SSSR count). The average Bonchev–Trinajstić information content (AvgIpc) is 3.33. The van der Waals surface area contributed by atoms with Crippen LogP contribution in [0.2, 0.25) is 4.34 Å². The van der Waals surface area contributed by atoms with E-state index in [1.807, 2.05) is 6.07 Å². The zero-order valence-electron chi connectivity index (χ0n) is 13.5. The van der Waals surface area contributed by atoms with E-state index in [0.717, 1.165) is 4.88 Å². The Morgan fingerprint density at radius 2 is 1.93 bits per heavy atom. The fourth-order valence-electron chi connectivity index (χ4n) is 2.86. The standard InChI is InChI=1S/C18H11ClN2O5S/c19-16-4-3-15(27-16)14-7-11(20-26-14)8-21-12-2-1-9(17(22)23)5-10(12)6-13(21)18(24)25/h1-7H,8H2,(H,22,23)(H,24,25). The first kappa shape index (κ1) is 17.3. The van der Waals surface area contributed by atoms with Crippen molar-refractivity contribution in [2.45, 2.75) is 6.54 Å². The van der Waals surface area contributed by atoms with Crippen molar-refractivity contribution in [1.82, 2.24) is 9.72 Å². The number of hydrogen-bond acceptors (Lipinski definition) is 5. The van der Waals surface area contributed by atoms with E-state index < -0.39 is 11.9 Å². The molecule has 0 radical (unpaired) electrons. The number of hydrogen-bond donors (Lipinski definition) is 2. The number of aromatic nitrogens is 2. The Morgan fingerprint density at radius 3 is 2.59 bits per heavy atom. The molecule has 0 amide bonds. The molecular weight excluding hydrogens is 392 g/mol. The van der Waals surface area contributed by atoms with Crippen LogP contribution in [0.3, 0.4) is 0 Å². The number of halogens is 1. The van der Waals surface area contributed by atoms with Crippen LogP contribution in [-0.4, -0.2) is 31.9 Å². The maximum Gasteiger partial charge on any atom is 0.352 e. The van der Waals surface area contributed by atoms with Gasteiger partial charge in [-0.15, -0.1) is 11.3 Å². The van der Waals surface area contributed by atoms with Gasteiger partial charge < -0.3 is 19.3 Å². The fourth-order valence-corrected chi connectivity index (χ4v) is 3.85. The average molecular weight is 403 g/mol. The molecule has 0 aliphatic carbocycles.